The minimum Gasteiger partial charge on any atom is -0.465 e. The largest absolute Gasteiger partial charge is 0.465 e. The molecule has 0 saturated carbocycles. The SMILES string of the molecule is COC(=O)c1ccccc1S(=O)c1cccc2cccc(S(=O)c3ccccc3C(=O)OC)c12. The molecule has 0 aliphatic heterocycles. The monoisotopic (exact) mass is 492 g/mol. The van der Waals surface area contributed by atoms with Crippen molar-refractivity contribution >= 4 is 44.3 Å². The van der Waals surface area contributed by atoms with Gasteiger partial charge in [-0.3, -0.25) is 0 Å². The maximum Gasteiger partial charge on any atom is 0.339 e. The number of methoxy groups -OCH3 is 2. The van der Waals surface area contributed by atoms with Gasteiger partial charge < -0.3 is 9.47 Å². The summed E-state index contributed by atoms with van der Waals surface area (Å²) in [5.74, 6) is -1.19. The molecule has 0 fully saturated rings. The second kappa shape index (κ2) is 10.1. The lowest BCUT2D eigenvalue weighted by molar-refractivity contribution is 0.0588. The van der Waals surface area contributed by atoms with Crippen LogP contribution in [0.4, 0.5) is 0 Å². The molecule has 0 bridgehead atoms. The van der Waals surface area contributed by atoms with Crippen LogP contribution >= 0.6 is 0 Å². The molecule has 172 valence electrons. The van der Waals surface area contributed by atoms with E-state index in [1.165, 1.54) is 14.2 Å². The highest BCUT2D eigenvalue weighted by atomic mass is 32.2. The molecular weight excluding hydrogens is 472 g/mol. The van der Waals surface area contributed by atoms with Gasteiger partial charge in [-0.1, -0.05) is 48.5 Å². The fourth-order valence-electron chi connectivity index (χ4n) is 3.63. The quantitative estimate of drug-likeness (QED) is 0.361. The van der Waals surface area contributed by atoms with Gasteiger partial charge in [-0.15, -0.1) is 0 Å². The highest BCUT2D eigenvalue weighted by Crippen LogP contribution is 2.34. The van der Waals surface area contributed by atoms with Crippen LogP contribution in [-0.4, -0.2) is 34.6 Å². The second-order valence-corrected chi connectivity index (χ2v) is 9.96. The van der Waals surface area contributed by atoms with Gasteiger partial charge in [0.1, 0.15) is 0 Å². The van der Waals surface area contributed by atoms with E-state index in [0.717, 1.165) is 5.39 Å². The van der Waals surface area contributed by atoms with Crippen LogP contribution in [0.3, 0.4) is 0 Å². The van der Waals surface area contributed by atoms with Crippen molar-refractivity contribution in [3.8, 4) is 0 Å². The van der Waals surface area contributed by atoms with E-state index in [2.05, 4.69) is 0 Å². The maximum absolute atomic E-state index is 13.8. The van der Waals surface area contributed by atoms with Crippen molar-refractivity contribution in [3.05, 3.63) is 96.1 Å². The van der Waals surface area contributed by atoms with Gasteiger partial charge in [-0.05, 0) is 41.8 Å². The van der Waals surface area contributed by atoms with Crippen LogP contribution in [0.15, 0.2) is 105 Å². The van der Waals surface area contributed by atoms with Crippen LogP contribution in [-0.2, 0) is 31.1 Å². The summed E-state index contributed by atoms with van der Waals surface area (Å²) in [5.41, 5.74) is 0.380. The summed E-state index contributed by atoms with van der Waals surface area (Å²) in [7, 11) is -1.03. The van der Waals surface area contributed by atoms with Crippen LogP contribution < -0.4 is 0 Å². The van der Waals surface area contributed by atoms with Gasteiger partial charge in [-0.25, -0.2) is 18.0 Å². The summed E-state index contributed by atoms with van der Waals surface area (Å²) in [5, 5.41) is 1.25. The predicted octanol–water partition coefficient (Wildman–Crippen LogP) is 4.75. The molecule has 0 radical (unpaired) electrons. The number of carbonyl (C=O) groups excluding carboxylic acids is 2. The summed E-state index contributed by atoms with van der Waals surface area (Å²) in [6.45, 7) is 0. The molecule has 0 aliphatic carbocycles. The molecule has 2 unspecified atom stereocenters. The molecule has 0 N–H and O–H groups in total. The third-order valence-electron chi connectivity index (χ3n) is 5.21. The van der Waals surface area contributed by atoms with Crippen molar-refractivity contribution in [1.29, 1.82) is 0 Å². The first kappa shape index (κ1) is 23.5. The number of rotatable bonds is 6. The van der Waals surface area contributed by atoms with E-state index in [-0.39, 0.29) is 20.9 Å². The van der Waals surface area contributed by atoms with E-state index >= 15 is 0 Å². The van der Waals surface area contributed by atoms with Crippen LogP contribution in [0.5, 0.6) is 0 Å². The molecule has 4 aromatic carbocycles. The van der Waals surface area contributed by atoms with E-state index < -0.39 is 33.5 Å². The second-order valence-electron chi connectivity index (χ2n) is 7.12. The van der Waals surface area contributed by atoms with Gasteiger partial charge in [-0.2, -0.15) is 0 Å². The first-order valence-electron chi connectivity index (χ1n) is 10.2. The Hall–Kier alpha value is -3.62. The molecule has 34 heavy (non-hydrogen) atoms. The van der Waals surface area contributed by atoms with E-state index in [0.29, 0.717) is 15.2 Å². The molecule has 4 aromatic rings. The highest BCUT2D eigenvalue weighted by molar-refractivity contribution is 7.86. The number of fused-ring (bicyclic) bond motifs is 1. The third-order valence-corrected chi connectivity index (χ3v) is 8.20. The van der Waals surface area contributed by atoms with Gasteiger partial charge in [0, 0.05) is 5.39 Å². The molecule has 0 heterocycles. The normalized spacial score (nSPS) is 12.6. The fraction of sp³-hybridized carbons (Fsp3) is 0.0769. The summed E-state index contributed by atoms with van der Waals surface area (Å²) >= 11 is 0. The highest BCUT2D eigenvalue weighted by Gasteiger charge is 2.23. The van der Waals surface area contributed by atoms with Gasteiger partial charge in [0.15, 0.2) is 0 Å². The van der Waals surface area contributed by atoms with E-state index in [1.807, 2.05) is 12.1 Å². The lowest BCUT2D eigenvalue weighted by atomic mass is 10.1. The van der Waals surface area contributed by atoms with Gasteiger partial charge in [0.25, 0.3) is 0 Å². The Balaban J connectivity index is 1.93. The molecule has 4 rings (SSSR count). The Morgan fingerprint density at radius 1 is 0.559 bits per heavy atom. The zero-order valence-corrected chi connectivity index (χ0v) is 20.0. The number of hydrogen-bond acceptors (Lipinski definition) is 6. The lowest BCUT2D eigenvalue weighted by Gasteiger charge is -2.14. The Kier molecular flexibility index (Phi) is 7.00. The fourth-order valence-corrected chi connectivity index (χ4v) is 6.51. The third kappa shape index (κ3) is 4.30. The summed E-state index contributed by atoms with van der Waals surface area (Å²) in [6, 6.07) is 23.6. The zero-order chi connectivity index (χ0) is 24.2. The molecule has 8 heteroatoms. The molecule has 6 nitrogen and oxygen atoms in total. The average Bonchev–Trinajstić information content (AvgIpc) is 2.90. The maximum atomic E-state index is 13.8. The standard InChI is InChI=1S/C26H20O6S2/c1-31-25(27)18-11-3-5-13-20(18)33(29)22-15-7-9-17-10-8-16-23(24(17)22)34(30)21-14-6-4-12-19(21)26(28)32-2/h3-16H,1-2H3. The average molecular weight is 493 g/mol. The van der Waals surface area contributed by atoms with Crippen molar-refractivity contribution in [1.82, 2.24) is 0 Å². The summed E-state index contributed by atoms with van der Waals surface area (Å²) < 4.78 is 37.2. The van der Waals surface area contributed by atoms with Crippen LogP contribution in [0.2, 0.25) is 0 Å². The van der Waals surface area contributed by atoms with Gasteiger partial charge in [0.2, 0.25) is 0 Å². The Morgan fingerprint density at radius 3 is 1.35 bits per heavy atom. The van der Waals surface area contributed by atoms with Gasteiger partial charge >= 0.3 is 11.9 Å². The van der Waals surface area contributed by atoms with Crippen molar-refractivity contribution in [3.63, 3.8) is 0 Å². The first-order chi connectivity index (χ1) is 16.5. The minimum atomic E-state index is -1.78. The minimum absolute atomic E-state index is 0.190. The molecule has 0 aromatic heterocycles. The Bertz CT molecular complexity index is 1350. The molecule has 2 atom stereocenters. The molecule has 0 aliphatic rings. The van der Waals surface area contributed by atoms with Crippen molar-refractivity contribution in [2.45, 2.75) is 19.6 Å². The van der Waals surface area contributed by atoms with Crippen LogP contribution in [0.25, 0.3) is 10.8 Å². The Labute approximate surface area is 201 Å². The smallest absolute Gasteiger partial charge is 0.339 e. The van der Waals surface area contributed by atoms with E-state index in [9.17, 15) is 18.0 Å². The lowest BCUT2D eigenvalue weighted by Crippen LogP contribution is -2.09. The number of hydrogen-bond donors (Lipinski definition) is 0. The van der Waals surface area contributed by atoms with Crippen LogP contribution in [0, 0.1) is 0 Å². The predicted molar refractivity (Wildman–Crippen MR) is 129 cm³/mol. The summed E-state index contributed by atoms with van der Waals surface area (Å²) in [4.78, 5) is 25.9. The molecule has 0 saturated heterocycles. The number of carbonyl (C=O) groups is 2. The number of esters is 2. The Morgan fingerprint density at radius 2 is 0.941 bits per heavy atom. The van der Waals surface area contributed by atoms with Gasteiger partial charge in [0.05, 0.1) is 66.5 Å². The van der Waals surface area contributed by atoms with Crippen LogP contribution in [0.1, 0.15) is 20.7 Å². The number of benzene rings is 4. The first-order valence-corrected chi connectivity index (χ1v) is 12.5. The van der Waals surface area contributed by atoms with Crippen molar-refractivity contribution < 1.29 is 27.5 Å². The van der Waals surface area contributed by atoms with Crippen molar-refractivity contribution in [2.75, 3.05) is 14.2 Å². The molecule has 0 spiro atoms. The molecule has 0 amide bonds. The zero-order valence-electron chi connectivity index (χ0n) is 18.3. The topological polar surface area (TPSA) is 86.7 Å². The van der Waals surface area contributed by atoms with E-state index in [4.69, 9.17) is 9.47 Å². The molecular formula is C26H20O6S2. The van der Waals surface area contributed by atoms with Crippen molar-refractivity contribution in [2.24, 2.45) is 0 Å². The van der Waals surface area contributed by atoms with E-state index in [1.54, 1.807) is 72.8 Å². The summed E-state index contributed by atoms with van der Waals surface area (Å²) in [6.07, 6.45) is 0. The number of ether oxygens (including phenoxy) is 2.